The van der Waals surface area contributed by atoms with Crippen molar-refractivity contribution < 1.29 is 0 Å². The molecule has 1 saturated carbocycles. The lowest BCUT2D eigenvalue weighted by molar-refractivity contribution is 0.735. The molecule has 0 spiro atoms. The molecule has 13 heavy (non-hydrogen) atoms. The third-order valence-corrected chi connectivity index (χ3v) is 3.11. The van der Waals surface area contributed by atoms with E-state index in [1.807, 2.05) is 12.1 Å². The number of halogens is 1. The highest BCUT2D eigenvalue weighted by atomic mass is 79.9. The van der Waals surface area contributed by atoms with Gasteiger partial charge in [0.15, 0.2) is 0 Å². The van der Waals surface area contributed by atoms with E-state index < -0.39 is 0 Å². The van der Waals surface area contributed by atoms with Gasteiger partial charge in [-0.3, -0.25) is 0 Å². The van der Waals surface area contributed by atoms with E-state index in [4.69, 9.17) is 11.0 Å². The van der Waals surface area contributed by atoms with Crippen LogP contribution in [0.4, 0.5) is 0 Å². The number of hydrogen-bond donors (Lipinski definition) is 1. The summed E-state index contributed by atoms with van der Waals surface area (Å²) >= 11 is 3.45. The third kappa shape index (κ3) is 1.48. The first-order valence-corrected chi connectivity index (χ1v) is 4.94. The number of hydrogen-bond acceptors (Lipinski definition) is 2. The van der Waals surface area contributed by atoms with Gasteiger partial charge < -0.3 is 5.73 Å². The second-order valence-corrected chi connectivity index (χ2v) is 4.32. The second kappa shape index (κ2) is 2.83. The summed E-state index contributed by atoms with van der Waals surface area (Å²) in [5.41, 5.74) is 7.62. The Labute approximate surface area is 85.5 Å². The minimum Gasteiger partial charge on any atom is -0.321 e. The molecule has 0 amide bonds. The first kappa shape index (κ1) is 8.74. The lowest BCUT2D eigenvalue weighted by Crippen LogP contribution is -2.19. The molecule has 0 atom stereocenters. The molecule has 0 unspecified atom stereocenters. The van der Waals surface area contributed by atoms with Crippen LogP contribution >= 0.6 is 15.9 Å². The van der Waals surface area contributed by atoms with Crippen molar-refractivity contribution in [1.29, 1.82) is 5.26 Å². The van der Waals surface area contributed by atoms with Gasteiger partial charge in [-0.1, -0.05) is 15.9 Å². The van der Waals surface area contributed by atoms with Crippen LogP contribution in [0.15, 0.2) is 22.7 Å². The molecule has 1 aromatic rings. The van der Waals surface area contributed by atoms with Crippen LogP contribution in [-0.2, 0) is 5.54 Å². The number of benzene rings is 1. The van der Waals surface area contributed by atoms with Crippen LogP contribution in [0, 0.1) is 11.3 Å². The van der Waals surface area contributed by atoms with Crippen molar-refractivity contribution >= 4 is 15.9 Å². The zero-order chi connectivity index (χ0) is 9.47. The first-order valence-electron chi connectivity index (χ1n) is 4.15. The van der Waals surface area contributed by atoms with Gasteiger partial charge in [0.1, 0.15) is 0 Å². The zero-order valence-corrected chi connectivity index (χ0v) is 8.63. The topological polar surface area (TPSA) is 49.8 Å². The number of rotatable bonds is 1. The summed E-state index contributed by atoms with van der Waals surface area (Å²) in [6, 6.07) is 7.67. The Bertz CT molecular complexity index is 388. The van der Waals surface area contributed by atoms with E-state index in [-0.39, 0.29) is 5.54 Å². The van der Waals surface area contributed by atoms with Crippen LogP contribution in [0.25, 0.3) is 0 Å². The molecule has 0 aromatic heterocycles. The molecule has 0 bridgehead atoms. The molecule has 1 aliphatic carbocycles. The van der Waals surface area contributed by atoms with Crippen molar-refractivity contribution in [2.75, 3.05) is 0 Å². The van der Waals surface area contributed by atoms with Crippen molar-refractivity contribution in [3.63, 3.8) is 0 Å². The van der Waals surface area contributed by atoms with E-state index in [0.29, 0.717) is 5.56 Å². The van der Waals surface area contributed by atoms with Gasteiger partial charge >= 0.3 is 0 Å². The van der Waals surface area contributed by atoms with Crippen molar-refractivity contribution in [1.82, 2.24) is 0 Å². The molecule has 3 heteroatoms. The van der Waals surface area contributed by atoms with Gasteiger partial charge in [-0.05, 0) is 36.6 Å². The lowest BCUT2D eigenvalue weighted by Gasteiger charge is -2.11. The summed E-state index contributed by atoms with van der Waals surface area (Å²) in [6.07, 6.45) is 2.03. The first-order chi connectivity index (χ1) is 6.15. The second-order valence-electron chi connectivity index (χ2n) is 3.46. The van der Waals surface area contributed by atoms with Crippen LogP contribution in [0.1, 0.15) is 24.0 Å². The van der Waals surface area contributed by atoms with Gasteiger partial charge in [-0.25, -0.2) is 0 Å². The Hall–Kier alpha value is -0.850. The van der Waals surface area contributed by atoms with Crippen molar-refractivity contribution in [2.24, 2.45) is 5.73 Å². The van der Waals surface area contributed by atoms with Gasteiger partial charge in [0.25, 0.3) is 0 Å². The predicted octanol–water partition coefficient (Wildman–Crippen LogP) is 2.27. The van der Waals surface area contributed by atoms with Gasteiger partial charge in [-0.2, -0.15) is 5.26 Å². The average Bonchev–Trinajstić information content (AvgIpc) is 2.86. The maximum atomic E-state index is 8.73. The summed E-state index contributed by atoms with van der Waals surface area (Å²) in [4.78, 5) is 0. The molecule has 1 aromatic carbocycles. The highest BCUT2D eigenvalue weighted by Crippen LogP contribution is 2.45. The smallest absolute Gasteiger partial charge is 0.0991 e. The Balaban J connectivity index is 2.50. The molecule has 2 N–H and O–H groups in total. The molecule has 1 aliphatic rings. The van der Waals surface area contributed by atoms with Crippen LogP contribution in [0.5, 0.6) is 0 Å². The average molecular weight is 237 g/mol. The molecule has 0 aliphatic heterocycles. The fourth-order valence-corrected chi connectivity index (χ4v) is 2.02. The highest BCUT2D eigenvalue weighted by Gasteiger charge is 2.41. The standard InChI is InChI=1S/C10H9BrN2/c11-9-2-1-7(6-12)5-8(9)10(13)3-4-10/h1-2,5H,3-4,13H2. The van der Waals surface area contributed by atoms with E-state index in [2.05, 4.69) is 22.0 Å². The van der Waals surface area contributed by atoms with Gasteiger partial charge in [-0.15, -0.1) is 0 Å². The summed E-state index contributed by atoms with van der Waals surface area (Å²) < 4.78 is 1.01. The molecule has 0 radical (unpaired) electrons. The van der Waals surface area contributed by atoms with E-state index in [1.165, 1.54) is 0 Å². The quantitative estimate of drug-likeness (QED) is 0.814. The highest BCUT2D eigenvalue weighted by molar-refractivity contribution is 9.10. The predicted molar refractivity (Wildman–Crippen MR) is 54.0 cm³/mol. The maximum absolute atomic E-state index is 8.73. The van der Waals surface area contributed by atoms with Gasteiger partial charge in [0.2, 0.25) is 0 Å². The van der Waals surface area contributed by atoms with Crippen LogP contribution in [0.3, 0.4) is 0 Å². The SMILES string of the molecule is N#Cc1ccc(Br)c(C2(N)CC2)c1. The largest absolute Gasteiger partial charge is 0.321 e. The van der Waals surface area contributed by atoms with Crippen LogP contribution in [-0.4, -0.2) is 0 Å². The number of nitrogens with zero attached hydrogens (tertiary/aromatic N) is 1. The Morgan fingerprint density at radius 2 is 2.15 bits per heavy atom. The monoisotopic (exact) mass is 236 g/mol. The molecular weight excluding hydrogens is 228 g/mol. The molecule has 2 nitrogen and oxygen atoms in total. The Morgan fingerprint density at radius 1 is 1.46 bits per heavy atom. The van der Waals surface area contributed by atoms with Gasteiger partial charge in [0.05, 0.1) is 11.6 Å². The maximum Gasteiger partial charge on any atom is 0.0991 e. The molecule has 0 saturated heterocycles. The molecule has 2 rings (SSSR count). The van der Waals surface area contributed by atoms with E-state index in [0.717, 1.165) is 22.9 Å². The van der Waals surface area contributed by atoms with Crippen molar-refractivity contribution in [2.45, 2.75) is 18.4 Å². The van der Waals surface area contributed by atoms with E-state index in [9.17, 15) is 0 Å². The van der Waals surface area contributed by atoms with Crippen LogP contribution < -0.4 is 5.73 Å². The van der Waals surface area contributed by atoms with E-state index in [1.54, 1.807) is 6.07 Å². The van der Waals surface area contributed by atoms with Crippen molar-refractivity contribution in [3.8, 4) is 6.07 Å². The summed E-state index contributed by atoms with van der Waals surface area (Å²) in [6.45, 7) is 0. The summed E-state index contributed by atoms with van der Waals surface area (Å²) in [7, 11) is 0. The van der Waals surface area contributed by atoms with Gasteiger partial charge in [0, 0.05) is 10.0 Å². The Kier molecular flexibility index (Phi) is 1.90. The fourth-order valence-electron chi connectivity index (χ4n) is 1.38. The molecular formula is C10H9BrN2. The molecule has 66 valence electrons. The van der Waals surface area contributed by atoms with Crippen molar-refractivity contribution in [3.05, 3.63) is 33.8 Å². The summed E-state index contributed by atoms with van der Waals surface area (Å²) in [5, 5.41) is 8.73. The lowest BCUT2D eigenvalue weighted by atomic mass is 10.0. The normalized spacial score (nSPS) is 17.9. The number of nitrogens with two attached hydrogens (primary N) is 1. The fraction of sp³-hybridized carbons (Fsp3) is 0.300. The summed E-state index contributed by atoms with van der Waals surface area (Å²) in [5.74, 6) is 0. The molecule has 0 heterocycles. The zero-order valence-electron chi connectivity index (χ0n) is 7.05. The number of nitriles is 1. The minimum atomic E-state index is -0.175. The van der Waals surface area contributed by atoms with E-state index >= 15 is 0 Å². The third-order valence-electron chi connectivity index (χ3n) is 2.42. The Morgan fingerprint density at radius 3 is 2.69 bits per heavy atom. The van der Waals surface area contributed by atoms with Crippen LogP contribution in [0.2, 0.25) is 0 Å². The minimum absolute atomic E-state index is 0.175. The molecule has 1 fully saturated rings.